The van der Waals surface area contributed by atoms with Crippen LogP contribution in [0, 0.1) is 0 Å². The van der Waals surface area contributed by atoms with E-state index in [1.807, 2.05) is 0 Å². The molecule has 1 N–H and O–H groups in total. The molecule has 0 saturated carbocycles. The number of ether oxygens (including phenoxy) is 1. The van der Waals surface area contributed by atoms with E-state index in [0.29, 0.717) is 22.7 Å². The number of aliphatic hydroxyl groups excluding tert-OH is 1. The molecule has 0 spiro atoms. The number of nitrogens with zero attached hydrogens (tertiary/aromatic N) is 1. The van der Waals surface area contributed by atoms with Gasteiger partial charge in [0.1, 0.15) is 0 Å². The maximum atomic E-state index is 9.48. The van der Waals surface area contributed by atoms with Crippen molar-refractivity contribution in [3.63, 3.8) is 0 Å². The number of methoxy groups -OCH3 is 1. The van der Waals surface area contributed by atoms with Crippen LogP contribution < -0.4 is 4.74 Å². The lowest BCUT2D eigenvalue weighted by Crippen LogP contribution is -1.98. The molecule has 8 heteroatoms. The highest BCUT2D eigenvalue weighted by Gasteiger charge is 2.22. The molecular weight excluding hydrogens is 379 g/mol. The molecule has 0 amide bonds. The van der Waals surface area contributed by atoms with Gasteiger partial charge in [0, 0.05) is 17.2 Å². The summed E-state index contributed by atoms with van der Waals surface area (Å²) in [4.78, 5) is 4.14. The zero-order chi connectivity index (χ0) is 15.7. The lowest BCUT2D eigenvalue weighted by atomic mass is 10.0. The minimum absolute atomic E-state index is 0.0732. The van der Waals surface area contributed by atoms with Gasteiger partial charge >= 0.3 is 0 Å². The molecule has 0 aliphatic heterocycles. The Kier molecular flexibility index (Phi) is 5.47. The van der Waals surface area contributed by atoms with E-state index >= 15 is 0 Å². The third-order valence-corrected chi connectivity index (χ3v) is 5.06. The molecule has 1 heterocycles. The van der Waals surface area contributed by atoms with Crippen molar-refractivity contribution in [1.29, 1.82) is 0 Å². The Morgan fingerprint density at radius 3 is 1.95 bits per heavy atom. The molecule has 0 atom stereocenters. The minimum atomic E-state index is -0.336. The largest absolute Gasteiger partial charge is 0.481 e. The predicted molar refractivity (Wildman–Crippen MR) is 87.2 cm³/mol. The average Bonchev–Trinajstić information content (AvgIpc) is 2.51. The summed E-state index contributed by atoms with van der Waals surface area (Å²) in [6.45, 7) is -0.336. The topological polar surface area (TPSA) is 42.4 Å². The van der Waals surface area contributed by atoms with Gasteiger partial charge in [0.25, 0.3) is 0 Å². The number of rotatable bonds is 3. The Balaban J connectivity index is 2.79. The molecule has 1 aromatic carbocycles. The molecule has 2 rings (SSSR count). The molecule has 21 heavy (non-hydrogen) atoms. The van der Waals surface area contributed by atoms with Gasteiger partial charge in [0.05, 0.1) is 44.5 Å². The van der Waals surface area contributed by atoms with Crippen LogP contribution in [0.2, 0.25) is 25.1 Å². The molecule has 0 saturated heterocycles. The molecule has 3 nitrogen and oxygen atoms in total. The molecule has 0 bridgehead atoms. The minimum Gasteiger partial charge on any atom is -0.481 e. The van der Waals surface area contributed by atoms with Crippen LogP contribution in [-0.4, -0.2) is 17.2 Å². The predicted octanol–water partition coefficient (Wildman–Crippen LogP) is 5.52. The number of pyridine rings is 1. The zero-order valence-electron chi connectivity index (χ0n) is 10.6. The molecule has 0 radical (unpaired) electrons. The Hall–Kier alpha value is -0.420. The molecule has 0 unspecified atom stereocenters. The highest BCUT2D eigenvalue weighted by Crippen LogP contribution is 2.48. The summed E-state index contributed by atoms with van der Waals surface area (Å²) in [5.74, 6) is 0.348. The quantitative estimate of drug-likeness (QED) is 0.557. The summed E-state index contributed by atoms with van der Waals surface area (Å²) in [5, 5.41) is 10.00. The van der Waals surface area contributed by atoms with Gasteiger partial charge in [0.15, 0.2) is 0 Å². The van der Waals surface area contributed by atoms with Crippen molar-refractivity contribution in [3.8, 4) is 17.0 Å². The Labute approximate surface area is 146 Å². The van der Waals surface area contributed by atoms with E-state index in [1.54, 1.807) is 12.1 Å². The number of aliphatic hydroxyl groups is 1. The fraction of sp³-hybridized carbons (Fsp3) is 0.154. The number of hydrogen-bond donors (Lipinski definition) is 1. The Morgan fingerprint density at radius 1 is 0.952 bits per heavy atom. The number of aromatic nitrogens is 1. The van der Waals surface area contributed by atoms with Crippen LogP contribution in [0.1, 0.15) is 5.69 Å². The van der Waals surface area contributed by atoms with E-state index in [9.17, 15) is 5.11 Å². The van der Waals surface area contributed by atoms with Crippen LogP contribution in [0.3, 0.4) is 0 Å². The molecule has 112 valence electrons. The standard InChI is InChI=1S/C13H8Cl5NO2/c1-21-7-3-2-5(6(4-20)19-7)8-9(14)11(16)13(18)12(17)10(8)15/h2-3,20H,4H2,1H3. The van der Waals surface area contributed by atoms with Crippen molar-refractivity contribution in [2.45, 2.75) is 6.61 Å². The smallest absolute Gasteiger partial charge is 0.213 e. The van der Waals surface area contributed by atoms with Crippen LogP contribution in [0.5, 0.6) is 5.88 Å². The number of hydrogen-bond acceptors (Lipinski definition) is 3. The second-order valence-electron chi connectivity index (χ2n) is 3.95. The van der Waals surface area contributed by atoms with Gasteiger partial charge < -0.3 is 9.84 Å². The zero-order valence-corrected chi connectivity index (χ0v) is 14.3. The van der Waals surface area contributed by atoms with Crippen LogP contribution in [0.25, 0.3) is 11.1 Å². The van der Waals surface area contributed by atoms with Gasteiger partial charge in [-0.25, -0.2) is 4.98 Å². The van der Waals surface area contributed by atoms with E-state index in [1.165, 1.54) is 7.11 Å². The summed E-state index contributed by atoms with van der Waals surface area (Å²) in [6, 6.07) is 3.27. The van der Waals surface area contributed by atoms with Crippen LogP contribution in [0.4, 0.5) is 0 Å². The second-order valence-corrected chi connectivity index (χ2v) is 5.84. The molecule has 1 aromatic heterocycles. The first-order chi connectivity index (χ1) is 9.92. The molecule has 2 aromatic rings. The third kappa shape index (κ3) is 3.04. The highest BCUT2D eigenvalue weighted by atomic mass is 35.5. The van der Waals surface area contributed by atoms with Crippen LogP contribution in [-0.2, 0) is 6.61 Å². The normalized spacial score (nSPS) is 10.8. The van der Waals surface area contributed by atoms with Gasteiger partial charge in [-0.3, -0.25) is 0 Å². The molecule has 0 aliphatic carbocycles. The summed E-state index contributed by atoms with van der Waals surface area (Å²) >= 11 is 30.5. The molecular formula is C13H8Cl5NO2. The van der Waals surface area contributed by atoms with Gasteiger partial charge in [-0.05, 0) is 6.07 Å². The van der Waals surface area contributed by atoms with E-state index in [0.717, 1.165) is 0 Å². The monoisotopic (exact) mass is 385 g/mol. The van der Waals surface area contributed by atoms with E-state index in [-0.39, 0.29) is 31.7 Å². The fourth-order valence-corrected chi connectivity index (χ4v) is 3.13. The van der Waals surface area contributed by atoms with Gasteiger partial charge in [-0.2, -0.15) is 0 Å². The maximum Gasteiger partial charge on any atom is 0.213 e. The SMILES string of the molecule is COc1ccc(-c2c(Cl)c(Cl)c(Cl)c(Cl)c2Cl)c(CO)n1. The summed E-state index contributed by atoms with van der Waals surface area (Å²) in [5.41, 5.74) is 1.18. The second kappa shape index (κ2) is 6.78. The first-order valence-electron chi connectivity index (χ1n) is 5.58. The van der Waals surface area contributed by atoms with Crippen LogP contribution >= 0.6 is 58.0 Å². The van der Waals surface area contributed by atoms with Crippen molar-refractivity contribution in [1.82, 2.24) is 4.98 Å². The molecule has 0 aliphatic rings. The maximum absolute atomic E-state index is 9.48. The number of benzene rings is 1. The molecule has 0 fully saturated rings. The fourth-order valence-electron chi connectivity index (χ4n) is 1.78. The van der Waals surface area contributed by atoms with E-state index < -0.39 is 0 Å². The lowest BCUT2D eigenvalue weighted by Gasteiger charge is -2.15. The van der Waals surface area contributed by atoms with Crippen molar-refractivity contribution < 1.29 is 9.84 Å². The van der Waals surface area contributed by atoms with Crippen LogP contribution in [0.15, 0.2) is 12.1 Å². The van der Waals surface area contributed by atoms with Gasteiger partial charge in [-0.1, -0.05) is 58.0 Å². The van der Waals surface area contributed by atoms with Crippen molar-refractivity contribution in [3.05, 3.63) is 42.9 Å². The third-order valence-electron chi connectivity index (χ3n) is 2.79. The van der Waals surface area contributed by atoms with Gasteiger partial charge in [-0.15, -0.1) is 0 Å². The highest BCUT2D eigenvalue weighted by molar-refractivity contribution is 6.56. The van der Waals surface area contributed by atoms with E-state index in [2.05, 4.69) is 4.98 Å². The first-order valence-corrected chi connectivity index (χ1v) is 7.47. The summed E-state index contributed by atoms with van der Waals surface area (Å²) in [7, 11) is 1.47. The Morgan fingerprint density at radius 2 is 1.48 bits per heavy atom. The van der Waals surface area contributed by atoms with Crippen molar-refractivity contribution in [2.24, 2.45) is 0 Å². The van der Waals surface area contributed by atoms with Gasteiger partial charge in [0.2, 0.25) is 5.88 Å². The lowest BCUT2D eigenvalue weighted by molar-refractivity contribution is 0.275. The number of halogens is 5. The summed E-state index contributed by atoms with van der Waals surface area (Å²) < 4.78 is 5.01. The van der Waals surface area contributed by atoms with E-state index in [4.69, 9.17) is 62.7 Å². The average molecular weight is 387 g/mol. The van der Waals surface area contributed by atoms with Crippen molar-refractivity contribution in [2.75, 3.05) is 7.11 Å². The van der Waals surface area contributed by atoms with Crippen molar-refractivity contribution >= 4 is 58.0 Å². The Bertz CT molecular complexity index is 676. The first kappa shape index (κ1) is 16.9. The summed E-state index contributed by atoms with van der Waals surface area (Å²) in [6.07, 6.45) is 0.